The first-order valence-corrected chi connectivity index (χ1v) is 7.66. The minimum atomic E-state index is 0.225. The molecule has 0 spiro atoms. The second-order valence-corrected chi connectivity index (χ2v) is 6.86. The molecule has 1 aromatic carbocycles. The van der Waals surface area contributed by atoms with E-state index in [0.717, 1.165) is 15.3 Å². The number of carbonyl (C=O) groups excluding carboxylic acids is 1. The molecule has 18 heavy (non-hydrogen) atoms. The van der Waals surface area contributed by atoms with Crippen molar-refractivity contribution in [2.75, 3.05) is 5.75 Å². The first-order chi connectivity index (χ1) is 8.56. The van der Waals surface area contributed by atoms with Gasteiger partial charge < -0.3 is 0 Å². The molecular weight excluding hydrogens is 260 g/mol. The molecule has 1 heterocycles. The lowest BCUT2D eigenvalue weighted by Crippen LogP contribution is -2.02. The third kappa shape index (κ3) is 3.24. The zero-order chi connectivity index (χ0) is 13.1. The number of thioether (sulfide) groups is 1. The highest BCUT2D eigenvalue weighted by Crippen LogP contribution is 2.24. The minimum absolute atomic E-state index is 0.225. The fourth-order valence-corrected chi connectivity index (χ4v) is 3.68. The number of ketones is 1. The van der Waals surface area contributed by atoms with Crippen molar-refractivity contribution >= 4 is 28.9 Å². The predicted octanol–water partition coefficient (Wildman–Crippen LogP) is 4.65. The van der Waals surface area contributed by atoms with Gasteiger partial charge >= 0.3 is 0 Å². The first kappa shape index (κ1) is 13.4. The molecule has 0 atom stereocenters. The number of carbonyl (C=O) groups is 1. The van der Waals surface area contributed by atoms with Gasteiger partial charge in [0.25, 0.3) is 0 Å². The van der Waals surface area contributed by atoms with Gasteiger partial charge in [0.05, 0.1) is 5.75 Å². The molecule has 94 valence electrons. The lowest BCUT2D eigenvalue weighted by molar-refractivity contribution is 0.102. The molecule has 0 saturated heterocycles. The highest BCUT2D eigenvalue weighted by molar-refractivity contribution is 8.00. The van der Waals surface area contributed by atoms with Crippen LogP contribution in [0.1, 0.15) is 25.7 Å². The molecule has 0 N–H and O–H groups in total. The minimum Gasteiger partial charge on any atom is -0.293 e. The molecule has 0 saturated carbocycles. The molecule has 0 radical (unpaired) electrons. The summed E-state index contributed by atoms with van der Waals surface area (Å²) in [4.78, 5) is 15.6. The van der Waals surface area contributed by atoms with Crippen LogP contribution in [0.2, 0.25) is 0 Å². The summed E-state index contributed by atoms with van der Waals surface area (Å²) in [5, 5.41) is 0. The Labute approximate surface area is 116 Å². The van der Waals surface area contributed by atoms with Crippen molar-refractivity contribution in [3.8, 4) is 0 Å². The Morgan fingerprint density at radius 3 is 2.61 bits per heavy atom. The second kappa shape index (κ2) is 5.72. The summed E-state index contributed by atoms with van der Waals surface area (Å²) in [6, 6.07) is 10.3. The van der Waals surface area contributed by atoms with Crippen molar-refractivity contribution < 1.29 is 4.79 Å². The van der Waals surface area contributed by atoms with Crippen LogP contribution in [0.4, 0.5) is 0 Å². The van der Waals surface area contributed by atoms with Crippen molar-refractivity contribution in [1.29, 1.82) is 0 Å². The standard InChI is InChI=1S/C15H16OS2/c1-10-5-4-6-13(7-10)17-9-15(16)14-8-11(2)18-12(14)3/h4-8H,9H2,1-3H3. The molecule has 0 unspecified atom stereocenters. The van der Waals surface area contributed by atoms with Crippen LogP contribution in [0.25, 0.3) is 0 Å². The molecule has 0 bridgehead atoms. The lowest BCUT2D eigenvalue weighted by Gasteiger charge is -2.02. The van der Waals surface area contributed by atoms with Gasteiger partial charge in [0, 0.05) is 20.2 Å². The van der Waals surface area contributed by atoms with Crippen LogP contribution in [0.15, 0.2) is 35.2 Å². The van der Waals surface area contributed by atoms with E-state index < -0.39 is 0 Å². The van der Waals surface area contributed by atoms with E-state index in [2.05, 4.69) is 25.1 Å². The maximum Gasteiger partial charge on any atom is 0.174 e. The number of hydrogen-bond donors (Lipinski definition) is 0. The quantitative estimate of drug-likeness (QED) is 0.597. The van der Waals surface area contributed by atoms with Gasteiger partial charge in [-0.05, 0) is 39.0 Å². The molecular formula is C15H16OS2. The molecule has 0 aliphatic rings. The van der Waals surface area contributed by atoms with Gasteiger partial charge in [-0.15, -0.1) is 23.1 Å². The van der Waals surface area contributed by atoms with Crippen LogP contribution in [0.5, 0.6) is 0 Å². The van der Waals surface area contributed by atoms with Gasteiger partial charge in [0.1, 0.15) is 0 Å². The molecule has 1 aromatic heterocycles. The Hall–Kier alpha value is -1.06. The van der Waals surface area contributed by atoms with Crippen LogP contribution in [0.3, 0.4) is 0 Å². The van der Waals surface area contributed by atoms with E-state index in [4.69, 9.17) is 0 Å². The molecule has 3 heteroatoms. The van der Waals surface area contributed by atoms with Gasteiger partial charge in [0.2, 0.25) is 0 Å². The molecule has 1 nitrogen and oxygen atoms in total. The van der Waals surface area contributed by atoms with Crippen LogP contribution < -0.4 is 0 Å². The summed E-state index contributed by atoms with van der Waals surface area (Å²) in [5.41, 5.74) is 2.12. The Morgan fingerprint density at radius 2 is 2.00 bits per heavy atom. The summed E-state index contributed by atoms with van der Waals surface area (Å²) >= 11 is 3.30. The van der Waals surface area contributed by atoms with E-state index in [0.29, 0.717) is 5.75 Å². The normalized spacial score (nSPS) is 10.6. The van der Waals surface area contributed by atoms with E-state index >= 15 is 0 Å². The average molecular weight is 276 g/mol. The number of rotatable bonds is 4. The SMILES string of the molecule is Cc1cccc(SCC(=O)c2cc(C)sc2C)c1. The van der Waals surface area contributed by atoms with Crippen molar-refractivity contribution in [2.45, 2.75) is 25.7 Å². The first-order valence-electron chi connectivity index (χ1n) is 5.86. The monoisotopic (exact) mass is 276 g/mol. The average Bonchev–Trinajstić information content (AvgIpc) is 2.66. The van der Waals surface area contributed by atoms with Gasteiger partial charge in [-0.3, -0.25) is 4.79 Å². The highest BCUT2D eigenvalue weighted by atomic mass is 32.2. The Morgan fingerprint density at radius 1 is 1.22 bits per heavy atom. The van der Waals surface area contributed by atoms with E-state index in [1.165, 1.54) is 10.4 Å². The fraction of sp³-hybridized carbons (Fsp3) is 0.267. The number of benzene rings is 1. The summed E-state index contributed by atoms with van der Waals surface area (Å²) in [6.07, 6.45) is 0. The van der Waals surface area contributed by atoms with Gasteiger partial charge in [-0.2, -0.15) is 0 Å². The van der Waals surface area contributed by atoms with E-state index in [1.54, 1.807) is 23.1 Å². The topological polar surface area (TPSA) is 17.1 Å². The fourth-order valence-electron chi connectivity index (χ4n) is 1.84. The van der Waals surface area contributed by atoms with Crippen molar-refractivity contribution in [1.82, 2.24) is 0 Å². The molecule has 0 aliphatic heterocycles. The predicted molar refractivity (Wildman–Crippen MR) is 80.0 cm³/mol. The van der Waals surface area contributed by atoms with Crippen LogP contribution in [0, 0.1) is 20.8 Å². The van der Waals surface area contributed by atoms with Crippen molar-refractivity contribution in [2.24, 2.45) is 0 Å². The summed E-state index contributed by atoms with van der Waals surface area (Å²) < 4.78 is 0. The summed E-state index contributed by atoms with van der Waals surface area (Å²) in [6.45, 7) is 6.13. The van der Waals surface area contributed by atoms with Crippen molar-refractivity contribution in [3.63, 3.8) is 0 Å². The Balaban J connectivity index is 2.03. The molecule has 2 aromatic rings. The van der Waals surface area contributed by atoms with Gasteiger partial charge in [0.15, 0.2) is 5.78 Å². The number of hydrogen-bond acceptors (Lipinski definition) is 3. The third-order valence-electron chi connectivity index (χ3n) is 2.70. The van der Waals surface area contributed by atoms with Gasteiger partial charge in [-0.25, -0.2) is 0 Å². The Bertz CT molecular complexity index is 570. The summed E-state index contributed by atoms with van der Waals surface area (Å²) in [7, 11) is 0. The third-order valence-corrected chi connectivity index (χ3v) is 4.66. The summed E-state index contributed by atoms with van der Waals surface area (Å²) in [5.74, 6) is 0.740. The largest absolute Gasteiger partial charge is 0.293 e. The molecule has 0 fully saturated rings. The molecule has 2 rings (SSSR count). The van der Waals surface area contributed by atoms with Crippen LogP contribution >= 0.6 is 23.1 Å². The number of thiophene rings is 1. The van der Waals surface area contributed by atoms with Gasteiger partial charge in [-0.1, -0.05) is 17.7 Å². The number of aryl methyl sites for hydroxylation is 3. The maximum atomic E-state index is 12.1. The smallest absolute Gasteiger partial charge is 0.174 e. The van der Waals surface area contributed by atoms with E-state index in [9.17, 15) is 4.79 Å². The zero-order valence-corrected chi connectivity index (χ0v) is 12.5. The van der Waals surface area contributed by atoms with Crippen molar-refractivity contribution in [3.05, 3.63) is 51.2 Å². The van der Waals surface area contributed by atoms with E-state index in [-0.39, 0.29) is 5.78 Å². The maximum absolute atomic E-state index is 12.1. The second-order valence-electron chi connectivity index (χ2n) is 4.36. The molecule has 0 amide bonds. The highest BCUT2D eigenvalue weighted by Gasteiger charge is 2.12. The van der Waals surface area contributed by atoms with Crippen LogP contribution in [-0.4, -0.2) is 11.5 Å². The lowest BCUT2D eigenvalue weighted by atomic mass is 10.2. The van der Waals surface area contributed by atoms with Crippen LogP contribution in [-0.2, 0) is 0 Å². The zero-order valence-electron chi connectivity index (χ0n) is 10.8. The Kier molecular flexibility index (Phi) is 4.25. The molecule has 0 aliphatic carbocycles. The number of Topliss-reactive ketones (excluding diaryl/α,β-unsaturated/α-hetero) is 1. The van der Waals surface area contributed by atoms with E-state index in [1.807, 2.05) is 26.0 Å².